The third-order valence-electron chi connectivity index (χ3n) is 4.97. The zero-order valence-electron chi connectivity index (χ0n) is 16.6. The topological polar surface area (TPSA) is 86.8 Å². The highest BCUT2D eigenvalue weighted by molar-refractivity contribution is 7.92. The molecule has 8 heteroatoms. The molecule has 0 spiro atoms. The van der Waals surface area contributed by atoms with Crippen molar-refractivity contribution in [1.82, 2.24) is 4.90 Å². The van der Waals surface area contributed by atoms with Crippen LogP contribution in [0.2, 0.25) is 0 Å². The van der Waals surface area contributed by atoms with E-state index in [2.05, 4.69) is 4.72 Å². The molecule has 2 aromatic carbocycles. The minimum atomic E-state index is -3.77. The van der Waals surface area contributed by atoms with Crippen molar-refractivity contribution in [2.45, 2.75) is 31.6 Å². The zero-order valence-corrected chi connectivity index (χ0v) is 17.4. The standard InChI is InChI=1S/C21H25N3O4S/c1-3-23(4-2)21(26)16-7-9-17(10-8-16)22-29(27,28)19-13-11-18(12-14-19)24-15-5-6-20(24)25/h7-14,22H,3-6,15H2,1-2H3. The van der Waals surface area contributed by atoms with Crippen LogP contribution in [-0.4, -0.2) is 44.8 Å². The number of nitrogens with zero attached hydrogens (tertiary/aromatic N) is 2. The number of sulfonamides is 1. The third kappa shape index (κ3) is 4.59. The second-order valence-electron chi connectivity index (χ2n) is 6.80. The number of carbonyl (C=O) groups excluding carboxylic acids is 2. The number of amides is 2. The van der Waals surface area contributed by atoms with Crippen LogP contribution in [0.4, 0.5) is 11.4 Å². The van der Waals surface area contributed by atoms with Gasteiger partial charge in [-0.1, -0.05) is 0 Å². The van der Waals surface area contributed by atoms with Crippen molar-refractivity contribution in [1.29, 1.82) is 0 Å². The van der Waals surface area contributed by atoms with Gasteiger partial charge in [-0.25, -0.2) is 8.42 Å². The molecule has 1 heterocycles. The SMILES string of the molecule is CCN(CC)C(=O)c1ccc(NS(=O)(=O)c2ccc(N3CCCC3=O)cc2)cc1. The summed E-state index contributed by atoms with van der Waals surface area (Å²) >= 11 is 0. The average Bonchev–Trinajstić information content (AvgIpc) is 3.15. The predicted molar refractivity (Wildman–Crippen MR) is 113 cm³/mol. The molecule has 0 aromatic heterocycles. The predicted octanol–water partition coefficient (Wildman–Crippen LogP) is 3.10. The van der Waals surface area contributed by atoms with Gasteiger partial charge in [-0.15, -0.1) is 0 Å². The Bertz CT molecular complexity index is 982. The molecule has 1 fully saturated rings. The van der Waals surface area contributed by atoms with E-state index in [1.54, 1.807) is 46.2 Å². The van der Waals surface area contributed by atoms with Gasteiger partial charge in [0.25, 0.3) is 15.9 Å². The Morgan fingerprint density at radius 1 is 1.03 bits per heavy atom. The molecule has 0 bridgehead atoms. The quantitative estimate of drug-likeness (QED) is 0.753. The summed E-state index contributed by atoms with van der Waals surface area (Å²) in [6, 6.07) is 12.6. The summed E-state index contributed by atoms with van der Waals surface area (Å²) in [5.41, 5.74) is 1.59. The molecule has 2 amide bonds. The normalized spacial score (nSPS) is 14.1. The van der Waals surface area contributed by atoms with Crippen molar-refractivity contribution < 1.29 is 18.0 Å². The highest BCUT2D eigenvalue weighted by Gasteiger charge is 2.22. The van der Waals surface area contributed by atoms with E-state index in [-0.39, 0.29) is 16.7 Å². The van der Waals surface area contributed by atoms with E-state index in [1.807, 2.05) is 13.8 Å². The molecular formula is C21H25N3O4S. The van der Waals surface area contributed by atoms with Crippen molar-refractivity contribution in [3.8, 4) is 0 Å². The molecule has 0 radical (unpaired) electrons. The maximum atomic E-state index is 12.7. The lowest BCUT2D eigenvalue weighted by Crippen LogP contribution is -2.30. The molecule has 7 nitrogen and oxygen atoms in total. The largest absolute Gasteiger partial charge is 0.339 e. The number of anilines is 2. The highest BCUT2D eigenvalue weighted by atomic mass is 32.2. The van der Waals surface area contributed by atoms with Gasteiger partial charge < -0.3 is 9.80 Å². The summed E-state index contributed by atoms with van der Waals surface area (Å²) in [5, 5.41) is 0. The molecule has 1 aliphatic rings. The average molecular weight is 416 g/mol. The molecule has 154 valence electrons. The second-order valence-corrected chi connectivity index (χ2v) is 8.49. The van der Waals surface area contributed by atoms with Gasteiger partial charge in [0.15, 0.2) is 0 Å². The van der Waals surface area contributed by atoms with Crippen LogP contribution in [0.5, 0.6) is 0 Å². The van der Waals surface area contributed by atoms with Crippen LogP contribution in [0.3, 0.4) is 0 Å². The number of nitrogens with one attached hydrogen (secondary N) is 1. The summed E-state index contributed by atoms with van der Waals surface area (Å²) in [4.78, 5) is 27.6. The molecule has 29 heavy (non-hydrogen) atoms. The van der Waals surface area contributed by atoms with Crippen molar-refractivity contribution >= 4 is 33.2 Å². The molecule has 1 N–H and O–H groups in total. The van der Waals surface area contributed by atoms with E-state index in [4.69, 9.17) is 0 Å². The highest BCUT2D eigenvalue weighted by Crippen LogP contribution is 2.24. The third-order valence-corrected chi connectivity index (χ3v) is 6.36. The molecule has 0 aliphatic carbocycles. The lowest BCUT2D eigenvalue weighted by Gasteiger charge is -2.18. The van der Waals surface area contributed by atoms with Crippen LogP contribution in [0.15, 0.2) is 53.4 Å². The van der Waals surface area contributed by atoms with Crippen LogP contribution in [-0.2, 0) is 14.8 Å². The Balaban J connectivity index is 1.72. The van der Waals surface area contributed by atoms with Crippen molar-refractivity contribution in [2.24, 2.45) is 0 Å². The Morgan fingerprint density at radius 2 is 1.66 bits per heavy atom. The first kappa shape index (κ1) is 20.9. The van der Waals surface area contributed by atoms with E-state index >= 15 is 0 Å². The van der Waals surface area contributed by atoms with Gasteiger partial charge in [-0.05, 0) is 68.8 Å². The van der Waals surface area contributed by atoms with Crippen molar-refractivity contribution in [2.75, 3.05) is 29.3 Å². The van der Waals surface area contributed by atoms with E-state index in [9.17, 15) is 18.0 Å². The summed E-state index contributed by atoms with van der Waals surface area (Å²) in [5.74, 6) is -0.0328. The summed E-state index contributed by atoms with van der Waals surface area (Å²) < 4.78 is 27.8. The van der Waals surface area contributed by atoms with Crippen LogP contribution in [0.25, 0.3) is 0 Å². The molecule has 1 aliphatic heterocycles. The number of rotatable bonds is 7. The van der Waals surface area contributed by atoms with Gasteiger partial charge in [0.05, 0.1) is 4.90 Å². The van der Waals surface area contributed by atoms with E-state index in [0.29, 0.717) is 43.0 Å². The van der Waals surface area contributed by atoms with Gasteiger partial charge in [-0.3, -0.25) is 14.3 Å². The first-order chi connectivity index (χ1) is 13.9. The Kier molecular flexibility index (Phi) is 6.22. The van der Waals surface area contributed by atoms with Gasteiger partial charge in [0, 0.05) is 43.0 Å². The minimum absolute atomic E-state index is 0.0538. The summed E-state index contributed by atoms with van der Waals surface area (Å²) in [6.07, 6.45) is 1.33. The van der Waals surface area contributed by atoms with E-state index in [1.165, 1.54) is 12.1 Å². The number of benzene rings is 2. The fraction of sp³-hybridized carbons (Fsp3) is 0.333. The summed E-state index contributed by atoms with van der Waals surface area (Å²) in [6.45, 7) is 5.71. The second kappa shape index (κ2) is 8.65. The number of hydrogen-bond acceptors (Lipinski definition) is 4. The molecule has 2 aromatic rings. The first-order valence-electron chi connectivity index (χ1n) is 9.68. The molecule has 0 atom stereocenters. The maximum Gasteiger partial charge on any atom is 0.261 e. The first-order valence-corrected chi connectivity index (χ1v) is 11.2. The zero-order chi connectivity index (χ0) is 21.0. The van der Waals surface area contributed by atoms with Crippen molar-refractivity contribution in [3.05, 3.63) is 54.1 Å². The molecular weight excluding hydrogens is 390 g/mol. The molecule has 0 saturated carbocycles. The molecule has 0 unspecified atom stereocenters. The number of carbonyl (C=O) groups is 2. The lowest BCUT2D eigenvalue weighted by atomic mass is 10.2. The van der Waals surface area contributed by atoms with E-state index in [0.717, 1.165) is 6.42 Å². The number of hydrogen-bond donors (Lipinski definition) is 1. The Labute approximate surface area is 171 Å². The van der Waals surface area contributed by atoms with Gasteiger partial charge in [0.1, 0.15) is 0 Å². The Hall–Kier alpha value is -2.87. The monoisotopic (exact) mass is 415 g/mol. The van der Waals surface area contributed by atoms with Crippen LogP contribution >= 0.6 is 0 Å². The fourth-order valence-electron chi connectivity index (χ4n) is 3.31. The lowest BCUT2D eigenvalue weighted by molar-refractivity contribution is -0.117. The molecule has 1 saturated heterocycles. The van der Waals surface area contributed by atoms with E-state index < -0.39 is 10.0 Å². The maximum absolute atomic E-state index is 12.7. The summed E-state index contributed by atoms with van der Waals surface area (Å²) in [7, 11) is -3.77. The fourth-order valence-corrected chi connectivity index (χ4v) is 4.37. The van der Waals surface area contributed by atoms with Crippen LogP contribution in [0.1, 0.15) is 37.0 Å². The smallest absolute Gasteiger partial charge is 0.261 e. The van der Waals surface area contributed by atoms with Crippen LogP contribution in [0, 0.1) is 0 Å². The van der Waals surface area contributed by atoms with Crippen LogP contribution < -0.4 is 9.62 Å². The van der Waals surface area contributed by atoms with Gasteiger partial charge in [0.2, 0.25) is 5.91 Å². The Morgan fingerprint density at radius 3 is 2.17 bits per heavy atom. The molecule has 3 rings (SSSR count). The van der Waals surface area contributed by atoms with Crippen molar-refractivity contribution in [3.63, 3.8) is 0 Å². The van der Waals surface area contributed by atoms with Gasteiger partial charge in [-0.2, -0.15) is 0 Å². The van der Waals surface area contributed by atoms with Gasteiger partial charge >= 0.3 is 0 Å². The minimum Gasteiger partial charge on any atom is -0.339 e.